The zero-order chi connectivity index (χ0) is 15.4. The van der Waals surface area contributed by atoms with Crippen LogP contribution in [0, 0.1) is 17.0 Å². The van der Waals surface area contributed by atoms with Crippen molar-refractivity contribution < 1.29 is 10.0 Å². The van der Waals surface area contributed by atoms with Crippen LogP contribution in [-0.2, 0) is 0 Å². The molecule has 1 unspecified atom stereocenters. The summed E-state index contributed by atoms with van der Waals surface area (Å²) in [5, 5.41) is 23.9. The topological polar surface area (TPSA) is 75.4 Å². The van der Waals surface area contributed by atoms with Crippen LogP contribution in [0.1, 0.15) is 17.2 Å². The van der Waals surface area contributed by atoms with Crippen LogP contribution >= 0.6 is 15.9 Å². The fourth-order valence-corrected chi connectivity index (χ4v) is 2.47. The number of nitro groups is 1. The van der Waals surface area contributed by atoms with Crippen molar-refractivity contribution >= 4 is 27.3 Å². The van der Waals surface area contributed by atoms with E-state index < -0.39 is 11.0 Å². The van der Waals surface area contributed by atoms with Crippen molar-refractivity contribution in [2.75, 3.05) is 11.9 Å². The van der Waals surface area contributed by atoms with Gasteiger partial charge in [0, 0.05) is 28.8 Å². The Morgan fingerprint density at radius 1 is 1.33 bits per heavy atom. The highest BCUT2D eigenvalue weighted by Crippen LogP contribution is 2.27. The summed E-state index contributed by atoms with van der Waals surface area (Å²) in [4.78, 5) is 10.2. The van der Waals surface area contributed by atoms with Crippen molar-refractivity contribution in [3.63, 3.8) is 0 Å². The van der Waals surface area contributed by atoms with Gasteiger partial charge in [-0.1, -0.05) is 29.8 Å². The lowest BCUT2D eigenvalue weighted by Gasteiger charge is -2.14. The molecule has 0 aromatic heterocycles. The highest BCUT2D eigenvalue weighted by atomic mass is 79.9. The van der Waals surface area contributed by atoms with Gasteiger partial charge in [0.1, 0.15) is 0 Å². The second-order valence-electron chi connectivity index (χ2n) is 4.73. The Balaban J connectivity index is 2.04. The number of hydrogen-bond acceptors (Lipinski definition) is 4. The highest BCUT2D eigenvalue weighted by molar-refractivity contribution is 9.10. The number of aryl methyl sites for hydroxylation is 1. The van der Waals surface area contributed by atoms with Gasteiger partial charge in [0.05, 0.1) is 11.0 Å². The molecule has 0 bridgehead atoms. The van der Waals surface area contributed by atoms with Gasteiger partial charge in [-0.25, -0.2) is 0 Å². The number of rotatable bonds is 5. The van der Waals surface area contributed by atoms with Gasteiger partial charge in [-0.15, -0.1) is 0 Å². The molecule has 2 rings (SSSR count). The molecule has 1 atom stereocenters. The number of non-ortho nitro benzene ring substituents is 1. The Bertz CT molecular complexity index is 661. The lowest BCUT2D eigenvalue weighted by Crippen LogP contribution is -2.12. The van der Waals surface area contributed by atoms with Gasteiger partial charge in [-0.05, 0) is 34.5 Å². The van der Waals surface area contributed by atoms with Crippen LogP contribution in [0.25, 0.3) is 0 Å². The van der Waals surface area contributed by atoms with Crippen LogP contribution in [0.4, 0.5) is 11.4 Å². The molecule has 0 aliphatic carbocycles. The predicted octanol–water partition coefficient (Wildman–Crippen LogP) is 3.81. The Morgan fingerprint density at radius 3 is 2.71 bits per heavy atom. The van der Waals surface area contributed by atoms with Gasteiger partial charge in [0.15, 0.2) is 0 Å². The first-order chi connectivity index (χ1) is 9.97. The van der Waals surface area contributed by atoms with Gasteiger partial charge in [0.25, 0.3) is 5.69 Å². The second kappa shape index (κ2) is 6.69. The number of nitro benzene ring substituents is 1. The summed E-state index contributed by atoms with van der Waals surface area (Å²) in [5.74, 6) is 0. The van der Waals surface area contributed by atoms with E-state index in [1.807, 2.05) is 31.2 Å². The quantitative estimate of drug-likeness (QED) is 0.634. The van der Waals surface area contributed by atoms with E-state index in [2.05, 4.69) is 21.2 Å². The number of aliphatic hydroxyl groups is 1. The third-order valence-electron chi connectivity index (χ3n) is 3.08. The number of halogens is 1. The van der Waals surface area contributed by atoms with Gasteiger partial charge < -0.3 is 10.4 Å². The van der Waals surface area contributed by atoms with Crippen LogP contribution in [-0.4, -0.2) is 16.6 Å². The van der Waals surface area contributed by atoms with E-state index in [9.17, 15) is 15.2 Å². The molecule has 2 aromatic rings. The van der Waals surface area contributed by atoms with Crippen molar-refractivity contribution in [2.45, 2.75) is 13.0 Å². The summed E-state index contributed by atoms with van der Waals surface area (Å²) >= 11 is 3.28. The number of benzene rings is 2. The first kappa shape index (κ1) is 15.5. The Kier molecular flexibility index (Phi) is 4.93. The van der Waals surface area contributed by atoms with Gasteiger partial charge in [-0.2, -0.15) is 0 Å². The lowest BCUT2D eigenvalue weighted by molar-refractivity contribution is -0.384. The molecule has 0 saturated heterocycles. The minimum atomic E-state index is -0.646. The maximum Gasteiger partial charge on any atom is 0.270 e. The smallest absolute Gasteiger partial charge is 0.270 e. The van der Waals surface area contributed by atoms with Crippen molar-refractivity contribution in [2.24, 2.45) is 0 Å². The largest absolute Gasteiger partial charge is 0.387 e. The number of hydrogen-bond donors (Lipinski definition) is 2. The summed E-state index contributed by atoms with van der Waals surface area (Å²) in [6.07, 6.45) is -0.646. The molecule has 6 heteroatoms. The minimum Gasteiger partial charge on any atom is -0.387 e. The van der Waals surface area contributed by atoms with Crippen LogP contribution < -0.4 is 5.32 Å². The van der Waals surface area contributed by atoms with E-state index in [4.69, 9.17) is 0 Å². The predicted molar refractivity (Wildman–Crippen MR) is 85.4 cm³/mol. The fourth-order valence-electron chi connectivity index (χ4n) is 1.96. The molecule has 0 saturated carbocycles. The third kappa shape index (κ3) is 4.03. The number of nitrogens with one attached hydrogen (secondary N) is 1. The Morgan fingerprint density at radius 2 is 2.10 bits per heavy atom. The van der Waals surface area contributed by atoms with E-state index in [1.165, 1.54) is 12.1 Å². The van der Waals surface area contributed by atoms with Crippen molar-refractivity contribution in [1.82, 2.24) is 0 Å². The zero-order valence-electron chi connectivity index (χ0n) is 11.4. The molecule has 0 fully saturated rings. The van der Waals surface area contributed by atoms with E-state index >= 15 is 0 Å². The molecular formula is C15H15BrN2O3. The van der Waals surface area contributed by atoms with Crippen LogP contribution in [0.15, 0.2) is 46.9 Å². The summed E-state index contributed by atoms with van der Waals surface area (Å²) in [7, 11) is 0. The van der Waals surface area contributed by atoms with Crippen LogP contribution in [0.3, 0.4) is 0 Å². The van der Waals surface area contributed by atoms with Gasteiger partial charge in [0.2, 0.25) is 0 Å². The normalized spacial score (nSPS) is 12.0. The van der Waals surface area contributed by atoms with Crippen molar-refractivity contribution in [3.05, 3.63) is 68.2 Å². The van der Waals surface area contributed by atoms with E-state index in [0.29, 0.717) is 16.7 Å². The number of nitrogens with zero attached hydrogens (tertiary/aromatic N) is 1. The fraction of sp³-hybridized carbons (Fsp3) is 0.200. The average molecular weight is 351 g/mol. The minimum absolute atomic E-state index is 0.0201. The van der Waals surface area contributed by atoms with Gasteiger partial charge in [-0.3, -0.25) is 10.1 Å². The Labute approximate surface area is 130 Å². The number of aliphatic hydroxyl groups excluding tert-OH is 1. The molecule has 2 N–H and O–H groups in total. The van der Waals surface area contributed by atoms with E-state index in [0.717, 1.165) is 11.1 Å². The SMILES string of the molecule is Cc1cccc(C(O)CNc2ccc([N+](=O)[O-])cc2Br)c1. The Hall–Kier alpha value is -1.92. The molecule has 0 heterocycles. The lowest BCUT2D eigenvalue weighted by atomic mass is 10.1. The first-order valence-electron chi connectivity index (χ1n) is 6.40. The molecule has 0 radical (unpaired) electrons. The molecule has 0 aliphatic rings. The van der Waals surface area contributed by atoms with E-state index in [1.54, 1.807) is 6.07 Å². The molecule has 5 nitrogen and oxygen atoms in total. The standard InChI is InChI=1S/C15H15BrN2O3/c1-10-3-2-4-11(7-10)15(19)9-17-14-6-5-12(18(20)21)8-13(14)16/h2-8,15,17,19H,9H2,1H3. The maximum absolute atomic E-state index is 10.7. The van der Waals surface area contributed by atoms with Crippen molar-refractivity contribution in [3.8, 4) is 0 Å². The highest BCUT2D eigenvalue weighted by Gasteiger charge is 2.11. The molecule has 2 aromatic carbocycles. The van der Waals surface area contributed by atoms with Crippen molar-refractivity contribution in [1.29, 1.82) is 0 Å². The van der Waals surface area contributed by atoms with Gasteiger partial charge >= 0.3 is 0 Å². The van der Waals surface area contributed by atoms with Crippen LogP contribution in [0.5, 0.6) is 0 Å². The molecule has 0 aliphatic heterocycles. The average Bonchev–Trinajstić information content (AvgIpc) is 2.45. The first-order valence-corrected chi connectivity index (χ1v) is 7.19. The summed E-state index contributed by atoms with van der Waals surface area (Å²) in [5.41, 5.74) is 2.64. The second-order valence-corrected chi connectivity index (χ2v) is 5.59. The third-order valence-corrected chi connectivity index (χ3v) is 3.73. The summed E-state index contributed by atoms with van der Waals surface area (Å²) in [6, 6.07) is 12.1. The maximum atomic E-state index is 10.7. The molecule has 0 spiro atoms. The summed E-state index contributed by atoms with van der Waals surface area (Å²) < 4.78 is 0.591. The number of anilines is 1. The molecular weight excluding hydrogens is 336 g/mol. The van der Waals surface area contributed by atoms with E-state index in [-0.39, 0.29) is 5.69 Å². The molecule has 110 valence electrons. The monoisotopic (exact) mass is 350 g/mol. The summed E-state index contributed by atoms with van der Waals surface area (Å²) in [6.45, 7) is 2.29. The van der Waals surface area contributed by atoms with Crippen LogP contribution in [0.2, 0.25) is 0 Å². The molecule has 0 amide bonds. The molecule has 21 heavy (non-hydrogen) atoms. The zero-order valence-corrected chi connectivity index (χ0v) is 13.0.